The smallest absolute Gasteiger partial charge is 0.270 e. The highest BCUT2D eigenvalue weighted by Crippen LogP contribution is 2.20. The lowest BCUT2D eigenvalue weighted by Crippen LogP contribution is -2.31. The van der Waals surface area contributed by atoms with E-state index in [0.29, 0.717) is 16.6 Å². The Bertz CT molecular complexity index is 593. The molecule has 0 unspecified atom stereocenters. The van der Waals surface area contributed by atoms with Gasteiger partial charge in [0.1, 0.15) is 0 Å². The number of nitrogens with zero attached hydrogens (tertiary/aromatic N) is 2. The normalized spacial score (nSPS) is 10.6. The number of aromatic nitrogens is 1. The van der Waals surface area contributed by atoms with Crippen molar-refractivity contribution in [2.75, 3.05) is 0 Å². The Hall–Kier alpha value is -2.17. The van der Waals surface area contributed by atoms with Crippen molar-refractivity contribution in [2.45, 2.75) is 13.8 Å². The second-order valence-corrected chi connectivity index (χ2v) is 3.71. The first kappa shape index (κ1) is 10.4. The van der Waals surface area contributed by atoms with E-state index in [2.05, 4.69) is 0 Å². The SMILES string of the molecule is Cc1cc2cc([N+](=O)[O-])ccc2[n+]([O-])c1C. The molecule has 0 fully saturated rings. The molecule has 5 nitrogen and oxygen atoms in total. The predicted molar refractivity (Wildman–Crippen MR) is 59.0 cm³/mol. The fourth-order valence-electron chi connectivity index (χ4n) is 1.63. The minimum absolute atomic E-state index is 0.00393. The molecule has 1 aromatic heterocycles. The molecule has 2 rings (SSSR count). The maximum absolute atomic E-state index is 11.8. The highest BCUT2D eigenvalue weighted by Gasteiger charge is 2.14. The zero-order valence-electron chi connectivity index (χ0n) is 8.93. The lowest BCUT2D eigenvalue weighted by Gasteiger charge is -2.06. The summed E-state index contributed by atoms with van der Waals surface area (Å²) < 4.78 is 0.800. The van der Waals surface area contributed by atoms with Gasteiger partial charge in [-0.2, -0.15) is 4.73 Å². The van der Waals surface area contributed by atoms with Gasteiger partial charge in [0.05, 0.1) is 10.3 Å². The van der Waals surface area contributed by atoms with Gasteiger partial charge in [-0.1, -0.05) is 0 Å². The fourth-order valence-corrected chi connectivity index (χ4v) is 1.63. The molecule has 0 radical (unpaired) electrons. The van der Waals surface area contributed by atoms with Crippen LogP contribution >= 0.6 is 0 Å². The molecule has 2 aromatic rings. The number of pyridine rings is 1. The number of rotatable bonds is 1. The minimum atomic E-state index is -0.468. The Morgan fingerprint density at radius 1 is 1.25 bits per heavy atom. The highest BCUT2D eigenvalue weighted by atomic mass is 16.6. The maximum atomic E-state index is 11.8. The summed E-state index contributed by atoms with van der Waals surface area (Å²) in [7, 11) is 0. The van der Waals surface area contributed by atoms with E-state index >= 15 is 0 Å². The first-order chi connectivity index (χ1) is 7.50. The summed E-state index contributed by atoms with van der Waals surface area (Å²) in [5, 5.41) is 23.0. The topological polar surface area (TPSA) is 70.1 Å². The number of nitro groups is 1. The first-order valence-corrected chi connectivity index (χ1v) is 4.78. The molecule has 0 aliphatic carbocycles. The predicted octanol–water partition coefficient (Wildman–Crippen LogP) is 2.00. The van der Waals surface area contributed by atoms with Crippen molar-refractivity contribution in [3.05, 3.63) is 50.8 Å². The van der Waals surface area contributed by atoms with E-state index in [0.717, 1.165) is 10.3 Å². The number of aryl methyl sites for hydroxylation is 1. The van der Waals surface area contributed by atoms with Crippen LogP contribution in [0.5, 0.6) is 0 Å². The Labute approximate surface area is 91.7 Å². The molecule has 0 saturated heterocycles. The van der Waals surface area contributed by atoms with E-state index in [9.17, 15) is 15.3 Å². The number of non-ortho nitro benzene ring substituents is 1. The Kier molecular flexibility index (Phi) is 2.23. The van der Waals surface area contributed by atoms with Crippen LogP contribution in [0.4, 0.5) is 5.69 Å². The molecule has 1 heterocycles. The summed E-state index contributed by atoms with van der Waals surface area (Å²) in [5.41, 5.74) is 1.88. The quantitative estimate of drug-likeness (QED) is 0.318. The zero-order valence-corrected chi connectivity index (χ0v) is 8.93. The van der Waals surface area contributed by atoms with Crippen molar-refractivity contribution in [3.63, 3.8) is 0 Å². The molecule has 0 spiro atoms. The molecule has 0 aliphatic rings. The number of hydrogen-bond donors (Lipinski definition) is 0. The van der Waals surface area contributed by atoms with Crippen LogP contribution in [0.1, 0.15) is 11.3 Å². The summed E-state index contributed by atoms with van der Waals surface area (Å²) in [5.74, 6) is 0. The van der Waals surface area contributed by atoms with Gasteiger partial charge in [-0.15, -0.1) is 0 Å². The lowest BCUT2D eigenvalue weighted by molar-refractivity contribution is -0.584. The van der Waals surface area contributed by atoms with Gasteiger partial charge in [0, 0.05) is 30.7 Å². The van der Waals surface area contributed by atoms with Crippen LogP contribution in [0.25, 0.3) is 10.9 Å². The molecular formula is C11H10N2O3. The maximum Gasteiger partial charge on any atom is 0.270 e. The third kappa shape index (κ3) is 1.46. The van der Waals surface area contributed by atoms with E-state index in [1.54, 1.807) is 13.0 Å². The van der Waals surface area contributed by atoms with Crippen LogP contribution in [-0.2, 0) is 0 Å². The van der Waals surface area contributed by atoms with Crippen molar-refractivity contribution in [2.24, 2.45) is 0 Å². The average molecular weight is 218 g/mol. The van der Waals surface area contributed by atoms with Gasteiger partial charge in [0.2, 0.25) is 5.52 Å². The number of fused-ring (bicyclic) bond motifs is 1. The van der Waals surface area contributed by atoms with Crippen LogP contribution in [0.3, 0.4) is 0 Å². The summed E-state index contributed by atoms with van der Waals surface area (Å²) >= 11 is 0. The average Bonchev–Trinajstić information content (AvgIpc) is 2.25. The molecule has 82 valence electrons. The van der Waals surface area contributed by atoms with Crippen molar-refractivity contribution in [1.29, 1.82) is 0 Å². The summed E-state index contributed by atoms with van der Waals surface area (Å²) in [4.78, 5) is 10.1. The van der Waals surface area contributed by atoms with Gasteiger partial charge < -0.3 is 5.21 Å². The van der Waals surface area contributed by atoms with E-state index < -0.39 is 4.92 Å². The van der Waals surface area contributed by atoms with Crippen LogP contribution in [-0.4, -0.2) is 4.92 Å². The molecule has 0 N–H and O–H groups in total. The van der Waals surface area contributed by atoms with Crippen molar-refractivity contribution < 1.29 is 9.65 Å². The number of benzene rings is 1. The molecule has 16 heavy (non-hydrogen) atoms. The van der Waals surface area contributed by atoms with Gasteiger partial charge >= 0.3 is 0 Å². The summed E-state index contributed by atoms with van der Waals surface area (Å²) in [6.45, 7) is 3.53. The van der Waals surface area contributed by atoms with Gasteiger partial charge in [0.25, 0.3) is 5.69 Å². The first-order valence-electron chi connectivity index (χ1n) is 4.78. The molecule has 0 atom stereocenters. The Balaban J connectivity index is 2.81. The van der Waals surface area contributed by atoms with Crippen LogP contribution in [0.2, 0.25) is 0 Å². The molecule has 0 bridgehead atoms. The summed E-state index contributed by atoms with van der Waals surface area (Å²) in [6, 6.07) is 6.01. The van der Waals surface area contributed by atoms with Gasteiger partial charge in [-0.25, -0.2) is 0 Å². The van der Waals surface area contributed by atoms with E-state index in [1.807, 2.05) is 6.92 Å². The third-order valence-electron chi connectivity index (χ3n) is 2.69. The summed E-state index contributed by atoms with van der Waals surface area (Å²) in [6.07, 6.45) is 0. The van der Waals surface area contributed by atoms with Gasteiger partial charge in [-0.3, -0.25) is 10.1 Å². The molecule has 0 saturated carbocycles. The van der Waals surface area contributed by atoms with Gasteiger partial charge in [-0.05, 0) is 13.0 Å². The largest absolute Gasteiger partial charge is 0.618 e. The molecule has 1 aromatic carbocycles. The molecular weight excluding hydrogens is 208 g/mol. The van der Waals surface area contributed by atoms with Gasteiger partial charge in [0.15, 0.2) is 5.69 Å². The van der Waals surface area contributed by atoms with E-state index in [1.165, 1.54) is 18.2 Å². The standard InChI is InChI=1S/C11H10N2O3/c1-7-5-9-6-10(13(15)16)3-4-11(9)12(14)8(7)2/h3-6H,1-2H3. The van der Waals surface area contributed by atoms with E-state index in [4.69, 9.17) is 0 Å². The third-order valence-corrected chi connectivity index (χ3v) is 2.69. The number of nitro benzene ring substituents is 1. The van der Waals surface area contributed by atoms with E-state index in [-0.39, 0.29) is 5.69 Å². The molecule has 0 amide bonds. The number of hydrogen-bond acceptors (Lipinski definition) is 3. The van der Waals surface area contributed by atoms with Crippen molar-refractivity contribution in [1.82, 2.24) is 0 Å². The second-order valence-electron chi connectivity index (χ2n) is 3.71. The minimum Gasteiger partial charge on any atom is -0.618 e. The van der Waals surface area contributed by atoms with Crippen molar-refractivity contribution in [3.8, 4) is 0 Å². The zero-order chi connectivity index (χ0) is 11.9. The lowest BCUT2D eigenvalue weighted by atomic mass is 10.1. The van der Waals surface area contributed by atoms with Crippen molar-refractivity contribution >= 4 is 16.6 Å². The monoisotopic (exact) mass is 218 g/mol. The Morgan fingerprint density at radius 3 is 2.56 bits per heavy atom. The van der Waals surface area contributed by atoms with Crippen LogP contribution < -0.4 is 4.73 Å². The molecule has 0 aliphatic heterocycles. The van der Waals surface area contributed by atoms with Crippen LogP contribution in [0, 0.1) is 29.2 Å². The Morgan fingerprint density at radius 2 is 1.94 bits per heavy atom. The molecule has 5 heteroatoms. The van der Waals surface area contributed by atoms with Crippen LogP contribution in [0.15, 0.2) is 24.3 Å². The highest BCUT2D eigenvalue weighted by molar-refractivity contribution is 5.79. The fraction of sp³-hybridized carbons (Fsp3) is 0.182. The second kappa shape index (κ2) is 3.44.